The van der Waals surface area contributed by atoms with Crippen LogP contribution in [0.1, 0.15) is 5.69 Å². The van der Waals surface area contributed by atoms with Crippen molar-refractivity contribution < 1.29 is 4.74 Å². The van der Waals surface area contributed by atoms with Crippen LogP contribution in [0.3, 0.4) is 0 Å². The molecule has 0 radical (unpaired) electrons. The van der Waals surface area contributed by atoms with Gasteiger partial charge in [-0.15, -0.1) is 5.10 Å². The molecule has 0 saturated heterocycles. The van der Waals surface area contributed by atoms with E-state index in [4.69, 9.17) is 27.9 Å². The fourth-order valence-corrected chi connectivity index (χ4v) is 3.01. The van der Waals surface area contributed by atoms with Crippen molar-refractivity contribution in [1.29, 1.82) is 0 Å². The van der Waals surface area contributed by atoms with Gasteiger partial charge in [-0.3, -0.25) is 0 Å². The minimum atomic E-state index is 0.508. The molecule has 0 saturated carbocycles. The molecular formula is C12H13BrCl2N4O. The molecule has 0 atom stereocenters. The lowest BCUT2D eigenvalue weighted by atomic mass is 10.3. The Balaban J connectivity index is 2.13. The van der Waals surface area contributed by atoms with Crippen molar-refractivity contribution in [1.82, 2.24) is 20.3 Å². The summed E-state index contributed by atoms with van der Waals surface area (Å²) in [5.41, 5.74) is 1.42. The van der Waals surface area contributed by atoms with E-state index in [2.05, 4.69) is 31.6 Å². The molecule has 0 aliphatic heterocycles. The summed E-state index contributed by atoms with van der Waals surface area (Å²) in [5, 5.41) is 12.3. The van der Waals surface area contributed by atoms with Crippen LogP contribution in [0.2, 0.25) is 10.0 Å². The Labute approximate surface area is 135 Å². The molecule has 0 aliphatic carbocycles. The Morgan fingerprint density at radius 2 is 2.05 bits per heavy atom. The van der Waals surface area contributed by atoms with Gasteiger partial charge in [-0.1, -0.05) is 44.3 Å². The van der Waals surface area contributed by atoms with Crippen LogP contribution in [0.4, 0.5) is 0 Å². The number of hydrogen-bond acceptors (Lipinski definition) is 4. The molecule has 108 valence electrons. The van der Waals surface area contributed by atoms with E-state index in [0.29, 0.717) is 28.9 Å². The fraction of sp³-hybridized carbons (Fsp3) is 0.333. The molecule has 0 bridgehead atoms. The predicted molar refractivity (Wildman–Crippen MR) is 82.7 cm³/mol. The number of nitrogens with zero attached hydrogens (tertiary/aromatic N) is 3. The highest BCUT2D eigenvalue weighted by Crippen LogP contribution is 2.31. The summed E-state index contributed by atoms with van der Waals surface area (Å²) in [4.78, 5) is 0. The third-order valence-electron chi connectivity index (χ3n) is 2.54. The van der Waals surface area contributed by atoms with Crippen LogP contribution in [0, 0.1) is 0 Å². The van der Waals surface area contributed by atoms with Crippen molar-refractivity contribution in [3.05, 3.63) is 38.5 Å². The maximum Gasteiger partial charge on any atom is 0.104 e. The van der Waals surface area contributed by atoms with Gasteiger partial charge in [0.25, 0.3) is 0 Å². The van der Waals surface area contributed by atoms with Gasteiger partial charge in [0.15, 0.2) is 0 Å². The number of aromatic nitrogens is 3. The molecule has 1 aromatic heterocycles. The highest BCUT2D eigenvalue weighted by Gasteiger charge is 2.12. The monoisotopic (exact) mass is 378 g/mol. The Hall–Kier alpha value is -0.660. The molecule has 0 aliphatic rings. The van der Waals surface area contributed by atoms with E-state index in [1.165, 1.54) is 0 Å². The van der Waals surface area contributed by atoms with Crippen LogP contribution in [0.15, 0.2) is 22.8 Å². The molecule has 2 rings (SSSR count). The zero-order chi connectivity index (χ0) is 14.5. The lowest BCUT2D eigenvalue weighted by molar-refractivity contribution is 0.199. The average molecular weight is 380 g/mol. The fourth-order valence-electron chi connectivity index (χ4n) is 1.63. The summed E-state index contributed by atoms with van der Waals surface area (Å²) in [7, 11) is 1.66. The van der Waals surface area contributed by atoms with Crippen LogP contribution in [-0.2, 0) is 11.3 Å². The van der Waals surface area contributed by atoms with Gasteiger partial charge in [-0.25, -0.2) is 4.68 Å². The highest BCUT2D eigenvalue weighted by molar-refractivity contribution is 9.10. The quantitative estimate of drug-likeness (QED) is 0.783. The Morgan fingerprint density at radius 1 is 1.35 bits per heavy atom. The van der Waals surface area contributed by atoms with Gasteiger partial charge in [-0.2, -0.15) is 0 Å². The summed E-state index contributed by atoms with van der Waals surface area (Å²) in [6.07, 6.45) is 1.79. The number of halogens is 3. The van der Waals surface area contributed by atoms with Gasteiger partial charge < -0.3 is 10.1 Å². The second kappa shape index (κ2) is 7.38. The van der Waals surface area contributed by atoms with Crippen molar-refractivity contribution >= 4 is 39.1 Å². The van der Waals surface area contributed by atoms with E-state index in [-0.39, 0.29) is 0 Å². The number of nitrogens with one attached hydrogen (secondary N) is 1. The van der Waals surface area contributed by atoms with Crippen LogP contribution >= 0.6 is 39.1 Å². The van der Waals surface area contributed by atoms with E-state index in [1.807, 2.05) is 0 Å². The maximum absolute atomic E-state index is 6.19. The van der Waals surface area contributed by atoms with Gasteiger partial charge in [0, 0.05) is 24.7 Å². The first-order valence-electron chi connectivity index (χ1n) is 5.87. The lowest BCUT2D eigenvalue weighted by Crippen LogP contribution is -2.18. The molecule has 0 fully saturated rings. The number of hydrogen-bond donors (Lipinski definition) is 1. The molecule has 5 nitrogen and oxygen atoms in total. The first-order valence-corrected chi connectivity index (χ1v) is 7.42. The summed E-state index contributed by atoms with van der Waals surface area (Å²) in [6, 6.07) is 3.53. The summed E-state index contributed by atoms with van der Waals surface area (Å²) in [5.74, 6) is 0. The minimum absolute atomic E-state index is 0.508. The zero-order valence-electron chi connectivity index (χ0n) is 10.7. The Kier molecular flexibility index (Phi) is 5.80. The van der Waals surface area contributed by atoms with Crippen molar-refractivity contribution in [3.8, 4) is 5.69 Å². The predicted octanol–water partition coefficient (Wildman–Crippen LogP) is 3.07. The molecule has 0 unspecified atom stereocenters. The maximum atomic E-state index is 6.19. The van der Waals surface area contributed by atoms with Gasteiger partial charge in [-0.05, 0) is 12.1 Å². The Morgan fingerprint density at radius 3 is 2.70 bits per heavy atom. The van der Waals surface area contributed by atoms with Gasteiger partial charge >= 0.3 is 0 Å². The largest absolute Gasteiger partial charge is 0.383 e. The van der Waals surface area contributed by atoms with E-state index >= 15 is 0 Å². The molecular weight excluding hydrogens is 367 g/mol. The second-order valence-corrected chi connectivity index (χ2v) is 5.77. The zero-order valence-corrected chi connectivity index (χ0v) is 13.8. The van der Waals surface area contributed by atoms with Crippen molar-refractivity contribution in [2.75, 3.05) is 20.3 Å². The van der Waals surface area contributed by atoms with Crippen LogP contribution < -0.4 is 5.32 Å². The van der Waals surface area contributed by atoms with E-state index < -0.39 is 0 Å². The molecule has 0 amide bonds. The lowest BCUT2D eigenvalue weighted by Gasteiger charge is -2.06. The third kappa shape index (κ3) is 3.93. The molecule has 1 N–H and O–H groups in total. The van der Waals surface area contributed by atoms with Crippen molar-refractivity contribution in [2.24, 2.45) is 0 Å². The Bertz CT molecular complexity index is 568. The number of rotatable bonds is 6. The summed E-state index contributed by atoms with van der Waals surface area (Å²) < 4.78 is 7.35. The van der Waals surface area contributed by atoms with Gasteiger partial charge in [0.2, 0.25) is 0 Å². The normalized spacial score (nSPS) is 11.0. The molecule has 2 aromatic rings. The summed E-state index contributed by atoms with van der Waals surface area (Å²) in [6.45, 7) is 2.01. The van der Waals surface area contributed by atoms with Gasteiger partial charge in [0.1, 0.15) is 5.69 Å². The second-order valence-electron chi connectivity index (χ2n) is 4.04. The van der Waals surface area contributed by atoms with Crippen molar-refractivity contribution in [3.63, 3.8) is 0 Å². The summed E-state index contributed by atoms with van der Waals surface area (Å²) >= 11 is 15.7. The molecule has 8 heteroatoms. The molecule has 1 heterocycles. The van der Waals surface area contributed by atoms with Crippen LogP contribution in [0.25, 0.3) is 5.69 Å². The average Bonchev–Trinajstić information content (AvgIpc) is 2.82. The highest BCUT2D eigenvalue weighted by atomic mass is 79.9. The number of ether oxygens (including phenoxy) is 1. The van der Waals surface area contributed by atoms with Gasteiger partial charge in [0.05, 0.1) is 28.5 Å². The van der Waals surface area contributed by atoms with E-state index in [0.717, 1.165) is 16.7 Å². The number of benzene rings is 1. The number of methoxy groups -OCH3 is 1. The smallest absolute Gasteiger partial charge is 0.104 e. The van der Waals surface area contributed by atoms with E-state index in [1.54, 1.807) is 30.1 Å². The molecule has 20 heavy (non-hydrogen) atoms. The van der Waals surface area contributed by atoms with Crippen LogP contribution in [0.5, 0.6) is 0 Å². The van der Waals surface area contributed by atoms with Crippen LogP contribution in [-0.4, -0.2) is 35.3 Å². The first kappa shape index (κ1) is 15.7. The first-order chi connectivity index (χ1) is 9.61. The SMILES string of the molecule is COCCNCc1cn(-c2c(Cl)cc(Br)cc2Cl)nn1. The third-order valence-corrected chi connectivity index (χ3v) is 3.57. The molecule has 0 spiro atoms. The van der Waals surface area contributed by atoms with E-state index in [9.17, 15) is 0 Å². The molecule has 1 aromatic carbocycles. The standard InChI is InChI=1S/C12H13BrCl2N4O/c1-20-3-2-16-6-9-7-19(18-17-9)12-10(14)4-8(13)5-11(12)15/h4-5,7,16H,2-3,6H2,1H3. The topological polar surface area (TPSA) is 52.0 Å². The van der Waals surface area contributed by atoms with Crippen molar-refractivity contribution in [2.45, 2.75) is 6.54 Å². The minimum Gasteiger partial charge on any atom is -0.383 e.